The van der Waals surface area contributed by atoms with Crippen molar-refractivity contribution >= 4 is 51.4 Å². The number of halogens is 1. The van der Waals surface area contributed by atoms with Gasteiger partial charge in [-0.1, -0.05) is 24.9 Å². The molecule has 1 aromatic heterocycles. The number of rotatable bonds is 6. The van der Waals surface area contributed by atoms with E-state index in [0.717, 1.165) is 29.9 Å². The molecule has 154 valence electrons. The van der Waals surface area contributed by atoms with E-state index in [1.54, 1.807) is 31.4 Å². The topological polar surface area (TPSA) is 91.3 Å². The zero-order valence-corrected chi connectivity index (χ0v) is 18.0. The molecule has 3 heterocycles. The molecule has 7 nitrogen and oxygen atoms in total. The quantitative estimate of drug-likeness (QED) is 0.603. The van der Waals surface area contributed by atoms with E-state index in [2.05, 4.69) is 17.0 Å². The summed E-state index contributed by atoms with van der Waals surface area (Å²) in [5.74, 6) is 1.12. The number of amides is 1. The molecule has 2 aliphatic rings. The fourth-order valence-electron chi connectivity index (χ4n) is 3.01. The van der Waals surface area contributed by atoms with Crippen molar-refractivity contribution in [2.75, 3.05) is 7.11 Å². The van der Waals surface area contributed by atoms with E-state index in [9.17, 15) is 4.79 Å². The van der Waals surface area contributed by atoms with Gasteiger partial charge in [0.25, 0.3) is 5.91 Å². The van der Waals surface area contributed by atoms with Gasteiger partial charge in [0.15, 0.2) is 5.84 Å². The molecule has 2 aromatic rings. The minimum absolute atomic E-state index is 0.00515. The minimum atomic E-state index is -0.476. The van der Waals surface area contributed by atoms with Crippen molar-refractivity contribution in [1.29, 1.82) is 5.41 Å². The van der Waals surface area contributed by atoms with Crippen molar-refractivity contribution in [3.8, 4) is 17.1 Å². The molecule has 0 saturated heterocycles. The van der Waals surface area contributed by atoms with Crippen LogP contribution in [0, 0.1) is 5.41 Å². The molecule has 30 heavy (non-hydrogen) atoms. The molecule has 0 spiro atoms. The number of furan rings is 1. The molecular weight excluding hydrogens is 424 g/mol. The molecule has 1 amide bonds. The number of hydrazone groups is 1. The van der Waals surface area contributed by atoms with Gasteiger partial charge in [-0.2, -0.15) is 15.1 Å². The standard InChI is InChI=1S/C21H19ClN4O3S/c1-3-4-5-18-25-26-19(23)14(20(27)24-21(26)30-18)11-13-7-9-16(29-13)12-6-8-17(28-2)15(22)10-12/h6-11,23H,3-5H2,1-2H3/b14-11-,23-19?. The third-order valence-electron chi connectivity index (χ3n) is 4.59. The zero-order chi connectivity index (χ0) is 21.3. The Labute approximate surface area is 183 Å². The smallest absolute Gasteiger partial charge is 0.283 e. The number of carbonyl (C=O) groups excluding carboxylic acids is 1. The molecule has 0 radical (unpaired) electrons. The summed E-state index contributed by atoms with van der Waals surface area (Å²) in [5.41, 5.74) is 0.908. The zero-order valence-electron chi connectivity index (χ0n) is 16.4. The van der Waals surface area contributed by atoms with Gasteiger partial charge in [0.1, 0.15) is 22.3 Å². The van der Waals surface area contributed by atoms with Crippen LogP contribution in [-0.2, 0) is 4.79 Å². The first-order chi connectivity index (χ1) is 14.5. The van der Waals surface area contributed by atoms with Crippen molar-refractivity contribution in [3.63, 3.8) is 0 Å². The van der Waals surface area contributed by atoms with Gasteiger partial charge >= 0.3 is 0 Å². The van der Waals surface area contributed by atoms with E-state index >= 15 is 0 Å². The molecule has 4 rings (SSSR count). The Morgan fingerprint density at radius 3 is 2.90 bits per heavy atom. The molecular formula is C21H19ClN4O3S. The van der Waals surface area contributed by atoms with Crippen LogP contribution in [0.3, 0.4) is 0 Å². The molecule has 2 aliphatic heterocycles. The van der Waals surface area contributed by atoms with E-state index in [0.29, 0.717) is 27.5 Å². The Balaban J connectivity index is 1.59. The van der Waals surface area contributed by atoms with Crippen molar-refractivity contribution in [3.05, 3.63) is 46.7 Å². The van der Waals surface area contributed by atoms with Gasteiger partial charge in [-0.25, -0.2) is 0 Å². The Morgan fingerprint density at radius 1 is 1.33 bits per heavy atom. The van der Waals surface area contributed by atoms with Gasteiger partial charge in [0, 0.05) is 5.56 Å². The van der Waals surface area contributed by atoms with Gasteiger partial charge in [-0.05, 0) is 61.0 Å². The molecule has 0 fully saturated rings. The fraction of sp³-hybridized carbons (Fsp3) is 0.238. The summed E-state index contributed by atoms with van der Waals surface area (Å²) in [6, 6.07) is 8.85. The lowest BCUT2D eigenvalue weighted by atomic mass is 10.1. The number of hydrogen-bond donors (Lipinski definition) is 1. The van der Waals surface area contributed by atoms with Gasteiger partial charge in [0.2, 0.25) is 5.17 Å². The maximum Gasteiger partial charge on any atom is 0.283 e. The third-order valence-corrected chi connectivity index (χ3v) is 5.85. The van der Waals surface area contributed by atoms with Crippen LogP contribution in [0.25, 0.3) is 17.4 Å². The van der Waals surface area contributed by atoms with Crippen LogP contribution in [-0.4, -0.2) is 34.1 Å². The summed E-state index contributed by atoms with van der Waals surface area (Å²) in [6.45, 7) is 2.11. The average Bonchev–Trinajstić information content (AvgIpc) is 3.36. The monoisotopic (exact) mass is 442 g/mol. The second kappa shape index (κ2) is 8.49. The largest absolute Gasteiger partial charge is 0.495 e. The van der Waals surface area contributed by atoms with E-state index in [1.807, 2.05) is 6.07 Å². The normalized spacial score (nSPS) is 17.3. The average molecular weight is 443 g/mol. The van der Waals surface area contributed by atoms with E-state index in [4.69, 9.17) is 26.2 Å². The van der Waals surface area contributed by atoms with Crippen LogP contribution in [0.4, 0.5) is 0 Å². The first kappa shape index (κ1) is 20.4. The van der Waals surface area contributed by atoms with Crippen LogP contribution >= 0.6 is 23.4 Å². The molecule has 1 N–H and O–H groups in total. The van der Waals surface area contributed by atoms with Crippen molar-refractivity contribution in [2.24, 2.45) is 10.1 Å². The second-order valence-corrected chi connectivity index (χ2v) is 8.12. The number of thioether (sulfide) groups is 1. The maximum absolute atomic E-state index is 12.5. The Kier molecular flexibility index (Phi) is 5.78. The highest BCUT2D eigenvalue weighted by molar-refractivity contribution is 8.26. The number of hydrogen-bond acceptors (Lipinski definition) is 6. The summed E-state index contributed by atoms with van der Waals surface area (Å²) >= 11 is 7.54. The molecule has 0 aliphatic carbocycles. The lowest BCUT2D eigenvalue weighted by molar-refractivity contribution is -0.114. The van der Waals surface area contributed by atoms with E-state index < -0.39 is 5.91 Å². The molecule has 0 atom stereocenters. The first-order valence-electron chi connectivity index (χ1n) is 9.43. The van der Waals surface area contributed by atoms with Crippen LogP contribution in [0.15, 0.2) is 50.4 Å². The van der Waals surface area contributed by atoms with Crippen LogP contribution < -0.4 is 4.74 Å². The Morgan fingerprint density at radius 2 is 2.17 bits per heavy atom. The summed E-state index contributed by atoms with van der Waals surface area (Å²) < 4.78 is 11.0. The molecule has 1 aromatic carbocycles. The van der Waals surface area contributed by atoms with Crippen molar-refractivity contribution < 1.29 is 13.9 Å². The van der Waals surface area contributed by atoms with E-state index in [1.165, 1.54) is 22.8 Å². The highest BCUT2D eigenvalue weighted by Crippen LogP contribution is 2.33. The number of unbranched alkanes of at least 4 members (excludes halogenated alkanes) is 1. The number of ether oxygens (including phenoxy) is 1. The number of methoxy groups -OCH3 is 1. The van der Waals surface area contributed by atoms with Crippen LogP contribution in [0.1, 0.15) is 31.9 Å². The SMILES string of the molecule is CCCCC1=NN2C(=N)/C(=C/c3ccc(-c4ccc(OC)c(Cl)c4)o3)C(=O)N=C2S1. The summed E-state index contributed by atoms with van der Waals surface area (Å²) in [5, 5.41) is 16.1. The van der Waals surface area contributed by atoms with E-state index in [-0.39, 0.29) is 11.4 Å². The summed E-state index contributed by atoms with van der Waals surface area (Å²) in [4.78, 5) is 16.6. The van der Waals surface area contributed by atoms with Gasteiger partial charge < -0.3 is 9.15 Å². The van der Waals surface area contributed by atoms with Gasteiger partial charge in [0.05, 0.1) is 17.7 Å². The number of nitrogens with one attached hydrogen (secondary N) is 1. The third kappa shape index (κ3) is 3.93. The summed E-state index contributed by atoms with van der Waals surface area (Å²) in [7, 11) is 1.55. The fourth-order valence-corrected chi connectivity index (χ4v) is 4.19. The van der Waals surface area contributed by atoms with Crippen LogP contribution in [0.2, 0.25) is 5.02 Å². The van der Waals surface area contributed by atoms with Gasteiger partial charge in [-0.3, -0.25) is 10.2 Å². The van der Waals surface area contributed by atoms with Crippen molar-refractivity contribution in [2.45, 2.75) is 26.2 Å². The first-order valence-corrected chi connectivity index (χ1v) is 10.6. The summed E-state index contributed by atoms with van der Waals surface area (Å²) in [6.07, 6.45) is 4.38. The van der Waals surface area contributed by atoms with Crippen LogP contribution in [0.5, 0.6) is 5.75 Å². The number of aliphatic imine (C=N–C) groups is 1. The lowest BCUT2D eigenvalue weighted by Gasteiger charge is -2.19. The predicted molar refractivity (Wildman–Crippen MR) is 120 cm³/mol. The molecule has 0 bridgehead atoms. The predicted octanol–water partition coefficient (Wildman–Crippen LogP) is 5.42. The number of fused-ring (bicyclic) bond motifs is 1. The second-order valence-electron chi connectivity index (χ2n) is 6.67. The lowest BCUT2D eigenvalue weighted by Crippen LogP contribution is -2.35. The number of nitrogens with zero attached hydrogens (tertiary/aromatic N) is 3. The maximum atomic E-state index is 12.5. The Bertz CT molecular complexity index is 1120. The number of amidine groups is 2. The number of carbonyl (C=O) groups is 1. The molecule has 9 heteroatoms. The highest BCUT2D eigenvalue weighted by atomic mass is 35.5. The number of benzene rings is 1. The molecule has 0 unspecified atom stereocenters. The molecule has 0 saturated carbocycles. The van der Waals surface area contributed by atoms with Crippen molar-refractivity contribution in [1.82, 2.24) is 5.01 Å². The minimum Gasteiger partial charge on any atom is -0.495 e. The highest BCUT2D eigenvalue weighted by Gasteiger charge is 2.35. The van der Waals surface area contributed by atoms with Gasteiger partial charge in [-0.15, -0.1) is 0 Å². The Hall–Kier alpha value is -2.84.